The van der Waals surface area contributed by atoms with Crippen LogP contribution in [0.15, 0.2) is 0 Å². The minimum atomic E-state index is -0.316. The maximum absolute atomic E-state index is 11.7. The zero-order valence-corrected chi connectivity index (χ0v) is 8.26. The van der Waals surface area contributed by atoms with Gasteiger partial charge in [-0.1, -0.05) is 6.92 Å². The first-order valence-corrected chi connectivity index (χ1v) is 4.65. The lowest BCUT2D eigenvalue weighted by Crippen LogP contribution is -2.35. The summed E-state index contributed by atoms with van der Waals surface area (Å²) in [5.74, 6) is 0.0287. The van der Waals surface area contributed by atoms with Crippen LogP contribution in [0.1, 0.15) is 33.1 Å². The topological polar surface area (TPSA) is 43.4 Å². The highest BCUT2D eigenvalue weighted by Crippen LogP contribution is 2.31. The average molecular weight is 184 g/mol. The summed E-state index contributed by atoms with van der Waals surface area (Å²) < 4.78 is 5.18. The maximum atomic E-state index is 11.7. The van der Waals surface area contributed by atoms with Gasteiger partial charge < -0.3 is 4.74 Å². The fourth-order valence-electron chi connectivity index (χ4n) is 1.54. The van der Waals surface area contributed by atoms with Crippen LogP contribution in [0.2, 0.25) is 0 Å². The molecule has 0 saturated carbocycles. The van der Waals surface area contributed by atoms with Gasteiger partial charge in [-0.2, -0.15) is 0 Å². The normalized spacial score (nSPS) is 21.1. The largest absolute Gasteiger partial charge is 0.381 e. The maximum Gasteiger partial charge on any atom is 0.146 e. The molecule has 3 nitrogen and oxygen atoms in total. The Morgan fingerprint density at radius 3 is 2.31 bits per heavy atom. The Hall–Kier alpha value is -0.700. The van der Waals surface area contributed by atoms with Crippen molar-refractivity contribution in [3.8, 4) is 0 Å². The van der Waals surface area contributed by atoms with E-state index in [-0.39, 0.29) is 23.4 Å². The molecule has 0 aliphatic carbocycles. The summed E-state index contributed by atoms with van der Waals surface area (Å²) in [6.45, 7) is 4.67. The third kappa shape index (κ3) is 2.62. The third-order valence-electron chi connectivity index (χ3n) is 2.68. The minimum absolute atomic E-state index is 0.0438. The summed E-state index contributed by atoms with van der Waals surface area (Å²) >= 11 is 0. The van der Waals surface area contributed by atoms with Gasteiger partial charge in [0.15, 0.2) is 0 Å². The van der Waals surface area contributed by atoms with Crippen LogP contribution in [0.5, 0.6) is 0 Å². The molecular formula is C10H16O3. The second-order valence-electron chi connectivity index (χ2n) is 3.98. The summed E-state index contributed by atoms with van der Waals surface area (Å²) in [6.07, 6.45) is 1.58. The first-order valence-electron chi connectivity index (χ1n) is 4.65. The highest BCUT2D eigenvalue weighted by atomic mass is 16.5. The van der Waals surface area contributed by atoms with Gasteiger partial charge in [0.05, 0.1) is 6.42 Å². The second-order valence-corrected chi connectivity index (χ2v) is 3.98. The highest BCUT2D eigenvalue weighted by molar-refractivity contribution is 6.00. The summed E-state index contributed by atoms with van der Waals surface area (Å²) in [4.78, 5) is 22.4. The molecule has 1 rings (SSSR count). The molecule has 1 heterocycles. The molecule has 0 bridgehead atoms. The number of hydrogen-bond acceptors (Lipinski definition) is 3. The lowest BCUT2D eigenvalue weighted by atomic mass is 9.77. The number of carbonyl (C=O) groups excluding carboxylic acids is 2. The van der Waals surface area contributed by atoms with Gasteiger partial charge in [-0.3, -0.25) is 9.59 Å². The number of rotatable bonds is 3. The van der Waals surface area contributed by atoms with Crippen LogP contribution in [0, 0.1) is 5.41 Å². The zero-order chi connectivity index (χ0) is 9.90. The number of Topliss-reactive ketones (excluding diaryl/α,β-unsaturated/α-hetero) is 2. The lowest BCUT2D eigenvalue weighted by Gasteiger charge is -2.31. The van der Waals surface area contributed by atoms with E-state index in [2.05, 4.69) is 0 Å². The van der Waals surface area contributed by atoms with Crippen LogP contribution >= 0.6 is 0 Å². The zero-order valence-electron chi connectivity index (χ0n) is 8.26. The molecule has 74 valence electrons. The van der Waals surface area contributed by atoms with Crippen LogP contribution in [0.4, 0.5) is 0 Å². The van der Waals surface area contributed by atoms with E-state index < -0.39 is 0 Å². The molecular weight excluding hydrogens is 168 g/mol. The monoisotopic (exact) mass is 184 g/mol. The lowest BCUT2D eigenvalue weighted by molar-refractivity contribution is -0.136. The summed E-state index contributed by atoms with van der Waals surface area (Å²) in [5, 5.41) is 0. The van der Waals surface area contributed by atoms with Crippen molar-refractivity contribution in [1.82, 2.24) is 0 Å². The molecule has 3 heteroatoms. The van der Waals surface area contributed by atoms with E-state index in [4.69, 9.17) is 4.74 Å². The van der Waals surface area contributed by atoms with E-state index in [0.29, 0.717) is 13.2 Å². The van der Waals surface area contributed by atoms with E-state index in [1.165, 1.54) is 6.92 Å². The number of ether oxygens (including phenoxy) is 1. The van der Waals surface area contributed by atoms with E-state index in [9.17, 15) is 9.59 Å². The van der Waals surface area contributed by atoms with Crippen molar-refractivity contribution in [2.45, 2.75) is 33.1 Å². The quantitative estimate of drug-likeness (QED) is 0.622. The molecule has 0 unspecified atom stereocenters. The van der Waals surface area contributed by atoms with Crippen LogP contribution < -0.4 is 0 Å². The van der Waals surface area contributed by atoms with Crippen LogP contribution in [-0.2, 0) is 14.3 Å². The van der Waals surface area contributed by atoms with Crippen molar-refractivity contribution in [2.24, 2.45) is 5.41 Å². The predicted octanol–water partition coefficient (Wildman–Crippen LogP) is 1.35. The predicted molar refractivity (Wildman–Crippen MR) is 48.5 cm³/mol. The van der Waals surface area contributed by atoms with Crippen molar-refractivity contribution in [3.63, 3.8) is 0 Å². The molecule has 13 heavy (non-hydrogen) atoms. The molecule has 1 fully saturated rings. The van der Waals surface area contributed by atoms with Gasteiger partial charge in [0.1, 0.15) is 11.6 Å². The molecule has 0 spiro atoms. The summed E-state index contributed by atoms with van der Waals surface area (Å²) in [7, 11) is 0. The molecule has 0 aromatic rings. The fourth-order valence-corrected chi connectivity index (χ4v) is 1.54. The molecule has 0 radical (unpaired) electrons. The number of hydrogen-bond donors (Lipinski definition) is 0. The van der Waals surface area contributed by atoms with E-state index in [1.54, 1.807) is 0 Å². The van der Waals surface area contributed by atoms with E-state index in [0.717, 1.165) is 12.8 Å². The van der Waals surface area contributed by atoms with E-state index in [1.807, 2.05) is 6.92 Å². The Morgan fingerprint density at radius 2 is 1.85 bits per heavy atom. The number of ketones is 2. The minimum Gasteiger partial charge on any atom is -0.381 e. The van der Waals surface area contributed by atoms with Gasteiger partial charge in [-0.25, -0.2) is 0 Å². The molecule has 0 atom stereocenters. The van der Waals surface area contributed by atoms with Crippen LogP contribution in [0.25, 0.3) is 0 Å². The van der Waals surface area contributed by atoms with Crippen molar-refractivity contribution in [2.75, 3.05) is 13.2 Å². The van der Waals surface area contributed by atoms with Gasteiger partial charge in [-0.15, -0.1) is 0 Å². The average Bonchev–Trinajstić information content (AvgIpc) is 2.04. The summed E-state index contributed by atoms with van der Waals surface area (Å²) in [6, 6.07) is 0. The molecule has 0 aromatic heterocycles. The van der Waals surface area contributed by atoms with Crippen molar-refractivity contribution in [3.05, 3.63) is 0 Å². The van der Waals surface area contributed by atoms with Crippen LogP contribution in [0.3, 0.4) is 0 Å². The van der Waals surface area contributed by atoms with Gasteiger partial charge in [0.25, 0.3) is 0 Å². The molecule has 1 saturated heterocycles. The van der Waals surface area contributed by atoms with E-state index >= 15 is 0 Å². The molecule has 0 amide bonds. The first kappa shape index (κ1) is 10.4. The Morgan fingerprint density at radius 1 is 1.31 bits per heavy atom. The first-order chi connectivity index (χ1) is 6.04. The van der Waals surface area contributed by atoms with Gasteiger partial charge in [-0.05, 0) is 19.8 Å². The number of carbonyl (C=O) groups is 2. The molecule has 1 aliphatic heterocycles. The smallest absolute Gasteiger partial charge is 0.146 e. The SMILES string of the molecule is CC(=O)CC(=O)C1(C)CCOCC1. The molecule has 1 aliphatic rings. The Bertz CT molecular complexity index is 214. The summed E-state index contributed by atoms with van der Waals surface area (Å²) in [5.41, 5.74) is -0.316. The third-order valence-corrected chi connectivity index (χ3v) is 2.68. The Kier molecular flexibility index (Phi) is 3.20. The van der Waals surface area contributed by atoms with Crippen LogP contribution in [-0.4, -0.2) is 24.8 Å². The second kappa shape index (κ2) is 4.01. The van der Waals surface area contributed by atoms with Gasteiger partial charge in [0.2, 0.25) is 0 Å². The van der Waals surface area contributed by atoms with Crippen molar-refractivity contribution < 1.29 is 14.3 Å². The van der Waals surface area contributed by atoms with Gasteiger partial charge >= 0.3 is 0 Å². The Balaban J connectivity index is 2.56. The molecule has 0 N–H and O–H groups in total. The fraction of sp³-hybridized carbons (Fsp3) is 0.800. The standard InChI is InChI=1S/C10H16O3/c1-8(11)7-9(12)10(2)3-5-13-6-4-10/h3-7H2,1-2H3. The molecule has 0 aromatic carbocycles. The van der Waals surface area contributed by atoms with Gasteiger partial charge in [0, 0.05) is 18.6 Å². The Labute approximate surface area is 78.5 Å². The highest BCUT2D eigenvalue weighted by Gasteiger charge is 2.34. The van der Waals surface area contributed by atoms with Crippen molar-refractivity contribution >= 4 is 11.6 Å². The van der Waals surface area contributed by atoms with Crippen molar-refractivity contribution in [1.29, 1.82) is 0 Å².